The van der Waals surface area contributed by atoms with Gasteiger partial charge in [-0.2, -0.15) is 0 Å². The molecule has 0 bridgehead atoms. The average Bonchev–Trinajstić information content (AvgIpc) is 2.75. The standard InChI is InChI=1S/C13H19NO2/c1-3-12(9-15-2)14-13-5-4-10-7-16-8-11(10)6-13/h4-6,12,14H,3,7-9H2,1-2H3. The van der Waals surface area contributed by atoms with E-state index in [2.05, 4.69) is 30.4 Å². The molecule has 0 aromatic heterocycles. The molecule has 0 radical (unpaired) electrons. The van der Waals surface area contributed by atoms with Crippen LogP contribution in [0.3, 0.4) is 0 Å². The van der Waals surface area contributed by atoms with E-state index in [1.807, 2.05) is 0 Å². The van der Waals surface area contributed by atoms with E-state index in [0.717, 1.165) is 31.9 Å². The van der Waals surface area contributed by atoms with Gasteiger partial charge in [0.15, 0.2) is 0 Å². The van der Waals surface area contributed by atoms with Gasteiger partial charge in [-0.15, -0.1) is 0 Å². The number of benzene rings is 1. The van der Waals surface area contributed by atoms with Gasteiger partial charge in [0.1, 0.15) is 0 Å². The maximum Gasteiger partial charge on any atom is 0.0725 e. The van der Waals surface area contributed by atoms with E-state index in [4.69, 9.17) is 9.47 Å². The minimum absolute atomic E-state index is 0.380. The lowest BCUT2D eigenvalue weighted by Gasteiger charge is -2.17. The Labute approximate surface area is 96.8 Å². The topological polar surface area (TPSA) is 30.5 Å². The Balaban J connectivity index is 2.04. The predicted octanol–water partition coefficient (Wildman–Crippen LogP) is 2.55. The summed E-state index contributed by atoms with van der Waals surface area (Å²) in [5, 5.41) is 3.48. The first-order valence-electron chi connectivity index (χ1n) is 5.78. The van der Waals surface area contributed by atoms with E-state index in [1.165, 1.54) is 11.1 Å². The molecule has 0 saturated heterocycles. The third-order valence-electron chi connectivity index (χ3n) is 2.95. The molecule has 1 atom stereocenters. The predicted molar refractivity (Wildman–Crippen MR) is 64.5 cm³/mol. The average molecular weight is 221 g/mol. The third-order valence-corrected chi connectivity index (χ3v) is 2.95. The Morgan fingerprint density at radius 2 is 2.19 bits per heavy atom. The first-order valence-corrected chi connectivity index (χ1v) is 5.78. The molecule has 1 heterocycles. The fourth-order valence-corrected chi connectivity index (χ4v) is 1.96. The minimum atomic E-state index is 0.380. The van der Waals surface area contributed by atoms with Crippen LogP contribution in [0.15, 0.2) is 18.2 Å². The molecule has 1 aliphatic rings. The summed E-state index contributed by atoms with van der Waals surface area (Å²) in [6, 6.07) is 6.82. The van der Waals surface area contributed by atoms with Crippen molar-refractivity contribution in [3.8, 4) is 0 Å². The highest BCUT2D eigenvalue weighted by molar-refractivity contribution is 5.49. The van der Waals surface area contributed by atoms with Gasteiger partial charge in [-0.05, 0) is 29.7 Å². The van der Waals surface area contributed by atoms with Crippen molar-refractivity contribution in [2.45, 2.75) is 32.6 Å². The van der Waals surface area contributed by atoms with Crippen molar-refractivity contribution < 1.29 is 9.47 Å². The van der Waals surface area contributed by atoms with Crippen molar-refractivity contribution in [2.75, 3.05) is 19.0 Å². The van der Waals surface area contributed by atoms with Gasteiger partial charge < -0.3 is 14.8 Å². The lowest BCUT2D eigenvalue weighted by Crippen LogP contribution is -2.23. The van der Waals surface area contributed by atoms with E-state index < -0.39 is 0 Å². The molecule has 0 fully saturated rings. The molecule has 16 heavy (non-hydrogen) atoms. The van der Waals surface area contributed by atoms with Crippen LogP contribution in [0, 0.1) is 0 Å². The van der Waals surface area contributed by atoms with Crippen LogP contribution in [-0.2, 0) is 22.7 Å². The summed E-state index contributed by atoms with van der Waals surface area (Å²) in [6.07, 6.45) is 1.06. The summed E-state index contributed by atoms with van der Waals surface area (Å²) < 4.78 is 10.6. The van der Waals surface area contributed by atoms with Gasteiger partial charge in [0.05, 0.1) is 19.8 Å². The van der Waals surface area contributed by atoms with Gasteiger partial charge in [-0.25, -0.2) is 0 Å². The Bertz CT molecular complexity index is 352. The normalized spacial score (nSPS) is 15.9. The fraction of sp³-hybridized carbons (Fsp3) is 0.538. The van der Waals surface area contributed by atoms with Gasteiger partial charge in [-0.3, -0.25) is 0 Å². The zero-order chi connectivity index (χ0) is 11.4. The zero-order valence-corrected chi connectivity index (χ0v) is 9.95. The van der Waals surface area contributed by atoms with Gasteiger partial charge in [-0.1, -0.05) is 13.0 Å². The van der Waals surface area contributed by atoms with Crippen LogP contribution in [0.25, 0.3) is 0 Å². The van der Waals surface area contributed by atoms with Crippen LogP contribution in [0.1, 0.15) is 24.5 Å². The SMILES string of the molecule is CCC(COC)Nc1ccc2c(c1)COC2. The third kappa shape index (κ3) is 2.54. The Morgan fingerprint density at radius 1 is 1.38 bits per heavy atom. The highest BCUT2D eigenvalue weighted by atomic mass is 16.5. The second kappa shape index (κ2) is 5.32. The molecule has 1 N–H and O–H groups in total. The van der Waals surface area contributed by atoms with E-state index in [-0.39, 0.29) is 0 Å². The molecular weight excluding hydrogens is 202 g/mol. The van der Waals surface area contributed by atoms with Crippen LogP contribution >= 0.6 is 0 Å². The number of ether oxygens (including phenoxy) is 2. The lowest BCUT2D eigenvalue weighted by atomic mass is 10.1. The smallest absolute Gasteiger partial charge is 0.0725 e. The summed E-state index contributed by atoms with van der Waals surface area (Å²) in [6.45, 7) is 4.40. The number of fused-ring (bicyclic) bond motifs is 1. The maximum absolute atomic E-state index is 5.40. The van der Waals surface area contributed by atoms with Crippen molar-refractivity contribution in [1.29, 1.82) is 0 Å². The lowest BCUT2D eigenvalue weighted by molar-refractivity contribution is 0.134. The molecule has 3 nitrogen and oxygen atoms in total. The molecule has 1 unspecified atom stereocenters. The van der Waals surface area contributed by atoms with Crippen molar-refractivity contribution >= 4 is 5.69 Å². The van der Waals surface area contributed by atoms with E-state index in [1.54, 1.807) is 7.11 Å². The van der Waals surface area contributed by atoms with E-state index >= 15 is 0 Å². The Kier molecular flexibility index (Phi) is 3.80. The highest BCUT2D eigenvalue weighted by Gasteiger charge is 2.12. The minimum Gasteiger partial charge on any atom is -0.383 e. The van der Waals surface area contributed by atoms with E-state index in [9.17, 15) is 0 Å². The summed E-state index contributed by atoms with van der Waals surface area (Å²) in [5.41, 5.74) is 3.77. The molecule has 0 saturated carbocycles. The molecule has 0 spiro atoms. The summed E-state index contributed by atoms with van der Waals surface area (Å²) >= 11 is 0. The number of rotatable bonds is 5. The quantitative estimate of drug-likeness (QED) is 0.829. The zero-order valence-electron chi connectivity index (χ0n) is 9.95. The van der Waals surface area contributed by atoms with Gasteiger partial charge >= 0.3 is 0 Å². The van der Waals surface area contributed by atoms with Crippen LogP contribution in [0.5, 0.6) is 0 Å². The van der Waals surface area contributed by atoms with Crippen molar-refractivity contribution in [3.05, 3.63) is 29.3 Å². The molecule has 2 rings (SSSR count). The summed E-state index contributed by atoms with van der Waals surface area (Å²) in [7, 11) is 1.74. The second-order valence-electron chi connectivity index (χ2n) is 4.18. The fourth-order valence-electron chi connectivity index (χ4n) is 1.96. The largest absolute Gasteiger partial charge is 0.383 e. The van der Waals surface area contributed by atoms with Crippen LogP contribution in [-0.4, -0.2) is 19.8 Å². The number of hydrogen-bond acceptors (Lipinski definition) is 3. The van der Waals surface area contributed by atoms with Gasteiger partial charge in [0, 0.05) is 18.8 Å². The summed E-state index contributed by atoms with van der Waals surface area (Å²) in [5.74, 6) is 0. The van der Waals surface area contributed by atoms with Crippen LogP contribution in [0.2, 0.25) is 0 Å². The first kappa shape index (κ1) is 11.4. The van der Waals surface area contributed by atoms with Crippen LogP contribution < -0.4 is 5.32 Å². The van der Waals surface area contributed by atoms with Crippen molar-refractivity contribution in [1.82, 2.24) is 0 Å². The molecule has 0 aliphatic carbocycles. The molecule has 0 amide bonds. The number of anilines is 1. The maximum atomic E-state index is 5.40. The van der Waals surface area contributed by atoms with Crippen LogP contribution in [0.4, 0.5) is 5.69 Å². The molecule has 3 heteroatoms. The number of nitrogens with one attached hydrogen (secondary N) is 1. The molecule has 1 aliphatic heterocycles. The monoisotopic (exact) mass is 221 g/mol. The van der Waals surface area contributed by atoms with Gasteiger partial charge in [0.2, 0.25) is 0 Å². The van der Waals surface area contributed by atoms with Crippen molar-refractivity contribution in [3.63, 3.8) is 0 Å². The van der Waals surface area contributed by atoms with Gasteiger partial charge in [0.25, 0.3) is 0 Å². The molecular formula is C13H19NO2. The van der Waals surface area contributed by atoms with Crippen molar-refractivity contribution in [2.24, 2.45) is 0 Å². The summed E-state index contributed by atoms with van der Waals surface area (Å²) in [4.78, 5) is 0. The second-order valence-corrected chi connectivity index (χ2v) is 4.18. The molecule has 1 aromatic rings. The Hall–Kier alpha value is -1.06. The molecule has 88 valence electrons. The first-order chi connectivity index (χ1) is 7.83. The number of methoxy groups -OCH3 is 1. The number of hydrogen-bond donors (Lipinski definition) is 1. The van der Waals surface area contributed by atoms with E-state index in [0.29, 0.717) is 6.04 Å². The Morgan fingerprint density at radius 3 is 2.94 bits per heavy atom. The highest BCUT2D eigenvalue weighted by Crippen LogP contribution is 2.23. The molecule has 1 aromatic carbocycles.